The molecule has 0 heterocycles. The van der Waals surface area contributed by atoms with Crippen molar-refractivity contribution in [2.24, 2.45) is 0 Å². The van der Waals surface area contributed by atoms with Crippen LogP contribution < -0.4 is 10.6 Å². The van der Waals surface area contributed by atoms with Crippen LogP contribution in [-0.2, 0) is 12.4 Å². The van der Waals surface area contributed by atoms with Crippen LogP contribution in [0.4, 0.5) is 36.8 Å². The Hall–Kier alpha value is -2.17. The average molecular weight is 544 g/mol. The lowest BCUT2D eigenvalue weighted by Crippen LogP contribution is -2.34. The molecule has 0 fully saturated rings. The van der Waals surface area contributed by atoms with Gasteiger partial charge in [0, 0.05) is 18.2 Å². The van der Waals surface area contributed by atoms with Crippen LogP contribution in [0, 0.1) is 0 Å². The van der Waals surface area contributed by atoms with Crippen LogP contribution in [0.15, 0.2) is 36.4 Å². The highest BCUT2D eigenvalue weighted by molar-refractivity contribution is 6.42. The van der Waals surface area contributed by atoms with Gasteiger partial charge in [-0.3, -0.25) is 0 Å². The Morgan fingerprint density at radius 2 is 1.49 bits per heavy atom. The third-order valence-corrected chi connectivity index (χ3v) is 6.20. The normalized spacial score (nSPS) is 13.1. The van der Waals surface area contributed by atoms with Crippen LogP contribution in [0.5, 0.6) is 0 Å². The van der Waals surface area contributed by atoms with E-state index in [-0.39, 0.29) is 18.5 Å². The molecule has 0 aromatic heterocycles. The second-order valence-electron chi connectivity index (χ2n) is 7.82. The number of benzene rings is 2. The Kier molecular flexibility index (Phi) is 10.1. The van der Waals surface area contributed by atoms with Crippen LogP contribution >= 0.6 is 23.2 Å². The molecule has 2 rings (SSSR count). The highest BCUT2D eigenvalue weighted by Gasteiger charge is 2.37. The molecule has 1 unspecified atom stereocenters. The molecule has 2 amide bonds. The number of nitrogens with one attached hydrogen (secondary N) is 2. The minimum Gasteiger partial charge on any atom is -0.337 e. The van der Waals surface area contributed by atoms with Crippen LogP contribution in [0.3, 0.4) is 0 Å². The zero-order chi connectivity index (χ0) is 26.4. The van der Waals surface area contributed by atoms with Gasteiger partial charge in [-0.15, -0.1) is 0 Å². The summed E-state index contributed by atoms with van der Waals surface area (Å²) in [7, 11) is 0. The molecule has 12 heteroatoms. The number of carbonyl (C=O) groups is 1. The van der Waals surface area contributed by atoms with E-state index in [4.69, 9.17) is 23.2 Å². The fourth-order valence-corrected chi connectivity index (χ4v) is 3.76. The van der Waals surface area contributed by atoms with Gasteiger partial charge in [0.15, 0.2) is 0 Å². The largest absolute Gasteiger partial charge is 0.416 e. The Morgan fingerprint density at radius 1 is 0.914 bits per heavy atom. The van der Waals surface area contributed by atoms with Gasteiger partial charge in [0.2, 0.25) is 0 Å². The fourth-order valence-electron chi connectivity index (χ4n) is 3.45. The van der Waals surface area contributed by atoms with Crippen molar-refractivity contribution in [2.75, 3.05) is 31.5 Å². The van der Waals surface area contributed by atoms with E-state index < -0.39 is 35.2 Å². The van der Waals surface area contributed by atoms with E-state index in [0.717, 1.165) is 18.7 Å². The Balaban J connectivity index is 2.19. The summed E-state index contributed by atoms with van der Waals surface area (Å²) in [5, 5.41) is 5.29. The van der Waals surface area contributed by atoms with Gasteiger partial charge in [-0.25, -0.2) is 4.79 Å². The molecule has 2 aromatic carbocycles. The van der Waals surface area contributed by atoms with Gasteiger partial charge in [-0.1, -0.05) is 43.1 Å². The molecule has 0 saturated carbocycles. The van der Waals surface area contributed by atoms with Crippen LogP contribution in [0.25, 0.3) is 0 Å². The van der Waals surface area contributed by atoms with Crippen molar-refractivity contribution in [3.8, 4) is 0 Å². The summed E-state index contributed by atoms with van der Waals surface area (Å²) in [6.07, 6.45) is -9.42. The lowest BCUT2D eigenvalue weighted by molar-refractivity contribution is -0.143. The molecule has 0 aliphatic rings. The number of anilines is 1. The van der Waals surface area contributed by atoms with Crippen molar-refractivity contribution >= 4 is 34.9 Å². The summed E-state index contributed by atoms with van der Waals surface area (Å²) in [6.45, 7) is 6.41. The van der Waals surface area contributed by atoms with E-state index in [1.807, 2.05) is 13.8 Å². The fraction of sp³-hybridized carbons (Fsp3) is 0.435. The second kappa shape index (κ2) is 12.2. The Labute approximate surface area is 209 Å². The average Bonchev–Trinajstić information content (AvgIpc) is 2.77. The number of amides is 2. The van der Waals surface area contributed by atoms with Crippen molar-refractivity contribution in [3.05, 3.63) is 63.1 Å². The van der Waals surface area contributed by atoms with E-state index in [1.165, 1.54) is 0 Å². The molecule has 0 radical (unpaired) electrons. The number of halogens is 8. The maximum atomic E-state index is 13.1. The minimum absolute atomic E-state index is 0.00337. The number of hydrogen-bond donors (Lipinski definition) is 2. The second-order valence-corrected chi connectivity index (χ2v) is 8.63. The predicted octanol–water partition coefficient (Wildman–Crippen LogP) is 7.67. The lowest BCUT2D eigenvalue weighted by atomic mass is 9.95. The highest BCUT2D eigenvalue weighted by atomic mass is 35.5. The van der Waals surface area contributed by atoms with E-state index >= 15 is 0 Å². The Bertz CT molecular complexity index is 977. The van der Waals surface area contributed by atoms with Gasteiger partial charge in [-0.05, 0) is 62.0 Å². The van der Waals surface area contributed by atoms with Crippen LogP contribution in [0.2, 0.25) is 10.0 Å². The maximum absolute atomic E-state index is 13.1. The van der Waals surface area contributed by atoms with Gasteiger partial charge in [-0.2, -0.15) is 26.3 Å². The minimum atomic E-state index is -5.02. The summed E-state index contributed by atoms with van der Waals surface area (Å²) in [4.78, 5) is 14.6. The summed E-state index contributed by atoms with van der Waals surface area (Å²) in [6, 6.07) is 4.99. The highest BCUT2D eigenvalue weighted by Crippen LogP contribution is 2.37. The molecular weight excluding hydrogens is 519 g/mol. The van der Waals surface area contributed by atoms with Crippen molar-refractivity contribution in [1.82, 2.24) is 10.2 Å². The first kappa shape index (κ1) is 29.1. The first-order valence-electron chi connectivity index (χ1n) is 10.8. The monoisotopic (exact) mass is 543 g/mol. The molecule has 0 saturated heterocycles. The number of hydrogen-bond acceptors (Lipinski definition) is 2. The smallest absolute Gasteiger partial charge is 0.337 e. The standard InChI is InChI=1S/C23H25Cl2F6N3O/c1-3-34(4-2)8-7-15(14-5-6-19(24)20(25)9-14)13-32-21(35)33-18-11-16(22(26,27)28)10-17(12-18)23(29,30)31/h5-6,9-12,15H,3-4,7-8,13H2,1-2H3,(H2,32,33,35). The summed E-state index contributed by atoms with van der Waals surface area (Å²) >= 11 is 12.1. The van der Waals surface area contributed by atoms with E-state index in [0.29, 0.717) is 35.1 Å². The van der Waals surface area contributed by atoms with Gasteiger partial charge < -0.3 is 15.5 Å². The van der Waals surface area contributed by atoms with Crippen molar-refractivity contribution in [2.45, 2.75) is 38.5 Å². The Morgan fingerprint density at radius 3 is 1.97 bits per heavy atom. The van der Waals surface area contributed by atoms with Crippen LogP contribution in [0.1, 0.15) is 42.9 Å². The lowest BCUT2D eigenvalue weighted by Gasteiger charge is -2.24. The predicted molar refractivity (Wildman–Crippen MR) is 125 cm³/mol. The van der Waals surface area contributed by atoms with Gasteiger partial charge in [0.25, 0.3) is 0 Å². The summed E-state index contributed by atoms with van der Waals surface area (Å²) in [5.74, 6) is -0.233. The molecular formula is C23H25Cl2F6N3O. The van der Waals surface area contributed by atoms with Crippen molar-refractivity contribution in [1.29, 1.82) is 0 Å². The zero-order valence-electron chi connectivity index (χ0n) is 19.0. The van der Waals surface area contributed by atoms with Gasteiger partial charge in [0.1, 0.15) is 0 Å². The molecule has 194 valence electrons. The number of carbonyl (C=O) groups excluding carboxylic acids is 1. The zero-order valence-corrected chi connectivity index (χ0v) is 20.5. The molecule has 0 aliphatic heterocycles. The first-order valence-corrected chi connectivity index (χ1v) is 11.5. The number of urea groups is 1. The molecule has 2 N–H and O–H groups in total. The van der Waals surface area contributed by atoms with Crippen LogP contribution in [-0.4, -0.2) is 37.1 Å². The topological polar surface area (TPSA) is 44.4 Å². The number of rotatable bonds is 9. The maximum Gasteiger partial charge on any atom is 0.416 e. The molecule has 1 atom stereocenters. The van der Waals surface area contributed by atoms with Gasteiger partial charge in [0.05, 0.1) is 21.2 Å². The number of alkyl halides is 6. The molecule has 0 bridgehead atoms. The molecule has 2 aromatic rings. The summed E-state index contributed by atoms with van der Waals surface area (Å²) in [5.41, 5.74) is -2.88. The molecule has 35 heavy (non-hydrogen) atoms. The summed E-state index contributed by atoms with van der Waals surface area (Å²) < 4.78 is 78.4. The van der Waals surface area contributed by atoms with Crippen molar-refractivity contribution in [3.63, 3.8) is 0 Å². The molecule has 0 aliphatic carbocycles. The molecule has 0 spiro atoms. The van der Waals surface area contributed by atoms with E-state index in [2.05, 4.69) is 15.5 Å². The molecule has 4 nitrogen and oxygen atoms in total. The number of nitrogens with zero attached hydrogens (tertiary/aromatic N) is 1. The first-order chi connectivity index (χ1) is 16.2. The van der Waals surface area contributed by atoms with E-state index in [1.54, 1.807) is 18.2 Å². The third kappa shape index (κ3) is 8.77. The van der Waals surface area contributed by atoms with E-state index in [9.17, 15) is 31.1 Å². The third-order valence-electron chi connectivity index (χ3n) is 5.46. The van der Waals surface area contributed by atoms with Crippen molar-refractivity contribution < 1.29 is 31.1 Å². The van der Waals surface area contributed by atoms with Gasteiger partial charge >= 0.3 is 18.4 Å². The SMILES string of the molecule is CCN(CC)CCC(CNC(=O)Nc1cc(C(F)(F)F)cc(C(F)(F)F)c1)c1ccc(Cl)c(Cl)c1. The quantitative estimate of drug-likeness (QED) is 0.319.